The van der Waals surface area contributed by atoms with E-state index in [2.05, 4.69) is 5.32 Å². The molecule has 2 N–H and O–H groups in total. The van der Waals surface area contributed by atoms with Gasteiger partial charge in [0.25, 0.3) is 5.91 Å². The first kappa shape index (κ1) is 17.8. The van der Waals surface area contributed by atoms with Crippen LogP contribution in [0.5, 0.6) is 0 Å². The average Bonchev–Trinajstić information content (AvgIpc) is 3.32. The summed E-state index contributed by atoms with van der Waals surface area (Å²) in [6.07, 6.45) is 1.29. The number of sulfonamides is 1. The van der Waals surface area contributed by atoms with Crippen LogP contribution < -0.4 is 5.32 Å². The zero-order chi connectivity index (χ0) is 19.5. The lowest BCUT2D eigenvalue weighted by Crippen LogP contribution is -2.43. The van der Waals surface area contributed by atoms with Crippen LogP contribution in [0.2, 0.25) is 0 Å². The number of hydrogen-bond acceptors (Lipinski definition) is 4. The minimum Gasteiger partial charge on any atom is -0.391 e. The first-order valence-electron chi connectivity index (χ1n) is 9.61. The normalized spacial score (nSPS) is 31.2. The molecule has 0 radical (unpaired) electrons. The Labute approximate surface area is 164 Å². The van der Waals surface area contributed by atoms with Crippen molar-refractivity contribution in [1.29, 1.82) is 0 Å². The number of aliphatic hydroxyl groups is 1. The van der Waals surface area contributed by atoms with Crippen LogP contribution in [0.1, 0.15) is 23.2 Å². The van der Waals surface area contributed by atoms with Crippen LogP contribution in [-0.2, 0) is 10.0 Å². The largest absolute Gasteiger partial charge is 0.391 e. The predicted octanol–water partition coefficient (Wildman–Crippen LogP) is 2.33. The van der Waals surface area contributed by atoms with E-state index in [1.807, 2.05) is 18.2 Å². The number of carbonyl (C=O) groups is 1. The maximum absolute atomic E-state index is 13.2. The van der Waals surface area contributed by atoms with Crippen molar-refractivity contribution in [2.24, 2.45) is 17.8 Å². The second-order valence-corrected chi connectivity index (χ2v) is 9.95. The van der Waals surface area contributed by atoms with Crippen molar-refractivity contribution < 1.29 is 18.3 Å². The van der Waals surface area contributed by atoms with Gasteiger partial charge < -0.3 is 10.4 Å². The lowest BCUT2D eigenvalue weighted by molar-refractivity contribution is 0.0731. The topological polar surface area (TPSA) is 86.7 Å². The van der Waals surface area contributed by atoms with Crippen LogP contribution in [0.4, 0.5) is 5.69 Å². The fourth-order valence-corrected chi connectivity index (χ4v) is 7.01. The summed E-state index contributed by atoms with van der Waals surface area (Å²) in [5.41, 5.74) is 1.08. The van der Waals surface area contributed by atoms with Crippen LogP contribution in [0.25, 0.3) is 0 Å². The van der Waals surface area contributed by atoms with Gasteiger partial charge in [-0.1, -0.05) is 18.2 Å². The van der Waals surface area contributed by atoms with Crippen molar-refractivity contribution in [3.05, 3.63) is 60.2 Å². The molecular formula is C21H22N2O4S. The summed E-state index contributed by atoms with van der Waals surface area (Å²) >= 11 is 0. The Bertz CT molecular complexity index is 1000. The van der Waals surface area contributed by atoms with Crippen molar-refractivity contribution in [3.8, 4) is 0 Å². The van der Waals surface area contributed by atoms with E-state index in [4.69, 9.17) is 0 Å². The Morgan fingerprint density at radius 1 is 1.00 bits per heavy atom. The number of rotatable bonds is 4. The molecule has 5 atom stereocenters. The highest BCUT2D eigenvalue weighted by atomic mass is 32.2. The van der Waals surface area contributed by atoms with Crippen molar-refractivity contribution >= 4 is 21.6 Å². The lowest BCUT2D eigenvalue weighted by Gasteiger charge is -2.28. The molecule has 146 valence electrons. The summed E-state index contributed by atoms with van der Waals surface area (Å²) in [4.78, 5) is 12.5. The number of benzene rings is 2. The summed E-state index contributed by atoms with van der Waals surface area (Å²) in [6, 6.07) is 14.8. The van der Waals surface area contributed by atoms with E-state index < -0.39 is 16.1 Å². The lowest BCUT2D eigenvalue weighted by atomic mass is 9.88. The summed E-state index contributed by atoms with van der Waals surface area (Å²) in [5.74, 6) is 0.600. The van der Waals surface area contributed by atoms with Crippen LogP contribution in [0.15, 0.2) is 59.5 Å². The number of amides is 1. The molecule has 2 aromatic rings. The number of hydrogen-bond donors (Lipinski definition) is 2. The molecule has 3 fully saturated rings. The van der Waals surface area contributed by atoms with Crippen LogP contribution in [0.3, 0.4) is 0 Å². The first-order valence-corrected chi connectivity index (χ1v) is 11.1. The van der Waals surface area contributed by atoms with E-state index in [-0.39, 0.29) is 28.7 Å². The quantitative estimate of drug-likeness (QED) is 0.828. The average molecular weight is 398 g/mol. The summed E-state index contributed by atoms with van der Waals surface area (Å²) in [7, 11) is -3.69. The van der Waals surface area contributed by atoms with Gasteiger partial charge in [0.1, 0.15) is 0 Å². The van der Waals surface area contributed by atoms with Gasteiger partial charge >= 0.3 is 0 Å². The minimum absolute atomic E-state index is 0.167. The number of anilines is 1. The smallest absolute Gasteiger partial charge is 0.255 e. The Kier molecular flexibility index (Phi) is 4.08. The van der Waals surface area contributed by atoms with Gasteiger partial charge in [-0.25, -0.2) is 8.42 Å². The summed E-state index contributed by atoms with van der Waals surface area (Å²) in [6.45, 7) is 0.488. The zero-order valence-electron chi connectivity index (χ0n) is 15.2. The number of fused-ring (bicyclic) bond motifs is 1. The molecular weight excluding hydrogens is 376 g/mol. The summed E-state index contributed by atoms with van der Waals surface area (Å²) in [5, 5.41) is 13.3. The Morgan fingerprint density at radius 2 is 1.71 bits per heavy atom. The van der Waals surface area contributed by atoms with Crippen molar-refractivity contribution in [3.63, 3.8) is 0 Å². The SMILES string of the molecule is O=C(Nc1ccccc1)c1ccc(S(=O)(=O)N2C[C@@H]3C[C@H]4C[C@H]3[C@@H]2[C@@H]4O)cc1. The van der Waals surface area contributed by atoms with E-state index in [0.717, 1.165) is 12.8 Å². The van der Waals surface area contributed by atoms with Gasteiger partial charge in [-0.05, 0) is 67.0 Å². The van der Waals surface area contributed by atoms with E-state index in [0.29, 0.717) is 23.7 Å². The second-order valence-electron chi connectivity index (χ2n) is 8.06. The van der Waals surface area contributed by atoms with Gasteiger partial charge in [0.15, 0.2) is 0 Å². The highest BCUT2D eigenvalue weighted by Crippen LogP contribution is 2.56. The number of nitrogens with zero attached hydrogens (tertiary/aromatic N) is 1. The molecule has 2 aliphatic carbocycles. The zero-order valence-corrected chi connectivity index (χ0v) is 16.0. The Morgan fingerprint density at radius 3 is 2.39 bits per heavy atom. The third-order valence-corrected chi connectivity index (χ3v) is 8.44. The molecule has 5 rings (SSSR count). The van der Waals surface area contributed by atoms with Gasteiger partial charge in [-0.3, -0.25) is 4.79 Å². The maximum atomic E-state index is 13.2. The molecule has 2 bridgehead atoms. The molecule has 1 aliphatic heterocycles. The maximum Gasteiger partial charge on any atom is 0.255 e. The minimum atomic E-state index is -3.69. The Balaban J connectivity index is 1.36. The van der Waals surface area contributed by atoms with Crippen molar-refractivity contribution in [1.82, 2.24) is 4.31 Å². The van der Waals surface area contributed by atoms with E-state index in [1.165, 1.54) is 28.6 Å². The van der Waals surface area contributed by atoms with Gasteiger partial charge in [-0.15, -0.1) is 0 Å². The fraction of sp³-hybridized carbons (Fsp3) is 0.381. The molecule has 0 aromatic heterocycles. The van der Waals surface area contributed by atoms with Gasteiger partial charge in [0, 0.05) is 17.8 Å². The monoisotopic (exact) mass is 398 g/mol. The molecule has 2 aromatic carbocycles. The Hall–Kier alpha value is -2.22. The van der Waals surface area contributed by atoms with Crippen LogP contribution in [-0.4, -0.2) is 42.4 Å². The molecule has 3 aliphatic rings. The number of carbonyl (C=O) groups excluding carboxylic acids is 1. The third-order valence-electron chi connectivity index (χ3n) is 6.56. The molecule has 6 nitrogen and oxygen atoms in total. The molecule has 1 heterocycles. The molecule has 1 saturated heterocycles. The van der Waals surface area contributed by atoms with Crippen LogP contribution >= 0.6 is 0 Å². The third kappa shape index (κ3) is 2.69. The molecule has 1 amide bonds. The molecule has 7 heteroatoms. The van der Waals surface area contributed by atoms with Gasteiger partial charge in [0.2, 0.25) is 10.0 Å². The second kappa shape index (κ2) is 6.40. The van der Waals surface area contributed by atoms with E-state index >= 15 is 0 Å². The molecule has 28 heavy (non-hydrogen) atoms. The molecule has 0 spiro atoms. The number of nitrogens with one attached hydrogen (secondary N) is 1. The molecule has 2 saturated carbocycles. The van der Waals surface area contributed by atoms with Gasteiger partial charge in [-0.2, -0.15) is 4.31 Å². The highest BCUT2D eigenvalue weighted by molar-refractivity contribution is 7.89. The number of aliphatic hydroxyl groups excluding tert-OH is 1. The van der Waals surface area contributed by atoms with Gasteiger partial charge in [0.05, 0.1) is 17.0 Å². The van der Waals surface area contributed by atoms with Crippen molar-refractivity contribution in [2.75, 3.05) is 11.9 Å². The first-order chi connectivity index (χ1) is 13.4. The fourth-order valence-electron chi connectivity index (χ4n) is 5.27. The standard InChI is InChI=1S/C21H22N2O4S/c24-20-14-10-15-12-23(19(20)18(15)11-14)28(26,27)17-8-6-13(7-9-17)21(25)22-16-4-2-1-3-5-16/h1-9,14-15,18-20,24H,10-12H2,(H,22,25)/t14-,15-,18+,19+,20+/m0/s1. The van der Waals surface area contributed by atoms with Crippen LogP contribution in [0, 0.1) is 17.8 Å². The summed E-state index contributed by atoms with van der Waals surface area (Å²) < 4.78 is 27.8. The van der Waals surface area contributed by atoms with E-state index in [9.17, 15) is 18.3 Å². The predicted molar refractivity (Wildman–Crippen MR) is 104 cm³/mol. The highest BCUT2D eigenvalue weighted by Gasteiger charge is 2.61. The molecule has 0 unspecified atom stereocenters. The van der Waals surface area contributed by atoms with Crippen molar-refractivity contribution in [2.45, 2.75) is 29.9 Å². The van der Waals surface area contributed by atoms with E-state index in [1.54, 1.807) is 12.1 Å². The number of para-hydroxylation sites is 1.